The average Bonchev–Trinajstić information content (AvgIpc) is 3.66. The molecular weight excluding hydrogens is 543 g/mol. The van der Waals surface area contributed by atoms with Crippen molar-refractivity contribution in [2.24, 2.45) is 35.5 Å². The SMILES string of the molecule is CCC(NC(=O)c1ccc(Cl)cc1)C1[C@H]2CC(=O)C[C@@H]12.CCC(NC(=O)c1ccc(Cl)cc1)[C@@H]1[C@H]2C=C(C)C[C@H]21. The molecule has 212 valence electrons. The van der Waals surface area contributed by atoms with Crippen molar-refractivity contribution in [2.45, 2.75) is 65.0 Å². The Morgan fingerprint density at radius 2 is 1.20 bits per heavy atom. The Hall–Kier alpha value is -2.63. The summed E-state index contributed by atoms with van der Waals surface area (Å²) < 4.78 is 0. The van der Waals surface area contributed by atoms with E-state index in [1.165, 1.54) is 12.0 Å². The van der Waals surface area contributed by atoms with Crippen LogP contribution in [0.25, 0.3) is 0 Å². The first-order chi connectivity index (χ1) is 19.2. The highest BCUT2D eigenvalue weighted by atomic mass is 35.5. The summed E-state index contributed by atoms with van der Waals surface area (Å²) in [7, 11) is 0. The van der Waals surface area contributed by atoms with Crippen LogP contribution in [0.15, 0.2) is 60.2 Å². The number of nitrogens with one attached hydrogen (secondary N) is 2. The second-order valence-corrected chi connectivity index (χ2v) is 12.8. The van der Waals surface area contributed by atoms with Crippen LogP contribution in [0, 0.1) is 35.5 Å². The van der Waals surface area contributed by atoms with Gasteiger partial charge in [0.25, 0.3) is 11.8 Å². The molecule has 3 unspecified atom stereocenters. The molecule has 2 aromatic rings. The van der Waals surface area contributed by atoms with Gasteiger partial charge in [-0.15, -0.1) is 0 Å². The minimum Gasteiger partial charge on any atom is -0.349 e. The summed E-state index contributed by atoms with van der Waals surface area (Å²) in [6.07, 6.45) is 6.93. The molecule has 5 nitrogen and oxygen atoms in total. The van der Waals surface area contributed by atoms with E-state index in [0.717, 1.165) is 18.8 Å². The fraction of sp³-hybridized carbons (Fsp3) is 0.485. The lowest BCUT2D eigenvalue weighted by atomic mass is 10.0. The number of hydrogen-bond donors (Lipinski definition) is 2. The molecule has 7 heteroatoms. The minimum atomic E-state index is -0.0511. The van der Waals surface area contributed by atoms with Gasteiger partial charge in [-0.1, -0.05) is 48.7 Å². The second-order valence-electron chi connectivity index (χ2n) is 11.9. The third-order valence-electron chi connectivity index (χ3n) is 9.31. The highest BCUT2D eigenvalue weighted by Crippen LogP contribution is 2.58. The third kappa shape index (κ3) is 6.31. The lowest BCUT2D eigenvalue weighted by Gasteiger charge is -2.18. The van der Waals surface area contributed by atoms with Gasteiger partial charge in [-0.05, 0) is 110 Å². The predicted octanol–water partition coefficient (Wildman–Crippen LogP) is 7.13. The molecule has 0 aliphatic heterocycles. The van der Waals surface area contributed by atoms with Gasteiger partial charge < -0.3 is 10.6 Å². The van der Waals surface area contributed by atoms with Gasteiger partial charge in [0, 0.05) is 46.1 Å². The van der Waals surface area contributed by atoms with E-state index in [9.17, 15) is 14.4 Å². The zero-order valence-electron chi connectivity index (χ0n) is 23.3. The van der Waals surface area contributed by atoms with Gasteiger partial charge in [0.2, 0.25) is 0 Å². The number of hydrogen-bond acceptors (Lipinski definition) is 3. The second kappa shape index (κ2) is 12.1. The van der Waals surface area contributed by atoms with Gasteiger partial charge in [0.15, 0.2) is 0 Å². The van der Waals surface area contributed by atoms with E-state index in [1.54, 1.807) is 48.5 Å². The van der Waals surface area contributed by atoms with Crippen molar-refractivity contribution in [3.8, 4) is 0 Å². The molecule has 0 saturated heterocycles. The molecule has 8 atom stereocenters. The van der Waals surface area contributed by atoms with Crippen molar-refractivity contribution >= 4 is 40.8 Å². The van der Waals surface area contributed by atoms with Crippen LogP contribution >= 0.6 is 23.2 Å². The molecule has 3 saturated carbocycles. The number of fused-ring (bicyclic) bond motifs is 2. The molecule has 0 heterocycles. The predicted molar refractivity (Wildman–Crippen MR) is 160 cm³/mol. The van der Waals surface area contributed by atoms with Crippen LogP contribution < -0.4 is 10.6 Å². The molecule has 2 aromatic carbocycles. The molecular formula is C33H38Cl2N2O3. The molecule has 4 aliphatic carbocycles. The van der Waals surface area contributed by atoms with Crippen LogP contribution in [0.2, 0.25) is 10.0 Å². The normalized spacial score (nSPS) is 28.7. The number of carbonyl (C=O) groups is 3. The molecule has 0 aromatic heterocycles. The van der Waals surface area contributed by atoms with Crippen molar-refractivity contribution in [3.63, 3.8) is 0 Å². The van der Waals surface area contributed by atoms with Crippen LogP contribution in [0.3, 0.4) is 0 Å². The van der Waals surface area contributed by atoms with E-state index in [0.29, 0.717) is 69.4 Å². The molecule has 0 radical (unpaired) electrons. The zero-order valence-corrected chi connectivity index (χ0v) is 24.8. The summed E-state index contributed by atoms with van der Waals surface area (Å²) >= 11 is 11.7. The van der Waals surface area contributed by atoms with Gasteiger partial charge in [0.1, 0.15) is 5.78 Å². The first-order valence-corrected chi connectivity index (χ1v) is 15.3. The summed E-state index contributed by atoms with van der Waals surface area (Å²) in [5, 5.41) is 7.60. The largest absolute Gasteiger partial charge is 0.349 e. The topological polar surface area (TPSA) is 75.3 Å². The molecule has 3 fully saturated rings. The molecule has 4 aliphatic rings. The third-order valence-corrected chi connectivity index (χ3v) is 9.81. The number of Topliss-reactive ketones (excluding diaryl/α,β-unsaturated/α-hetero) is 1. The molecule has 2 N–H and O–H groups in total. The average molecular weight is 582 g/mol. The monoisotopic (exact) mass is 580 g/mol. The highest BCUT2D eigenvalue weighted by molar-refractivity contribution is 6.31. The Kier molecular flexibility index (Phi) is 8.72. The maximum atomic E-state index is 12.3. The van der Waals surface area contributed by atoms with Crippen molar-refractivity contribution in [3.05, 3.63) is 81.4 Å². The van der Waals surface area contributed by atoms with Gasteiger partial charge >= 0.3 is 0 Å². The summed E-state index contributed by atoms with van der Waals surface area (Å²) in [6.45, 7) is 6.44. The van der Waals surface area contributed by atoms with E-state index in [-0.39, 0.29) is 23.9 Å². The Morgan fingerprint density at radius 3 is 1.60 bits per heavy atom. The van der Waals surface area contributed by atoms with Crippen LogP contribution in [-0.4, -0.2) is 29.7 Å². The number of amides is 2. The van der Waals surface area contributed by atoms with E-state index >= 15 is 0 Å². The maximum Gasteiger partial charge on any atom is 0.251 e. The number of carbonyl (C=O) groups excluding carboxylic acids is 3. The van der Waals surface area contributed by atoms with Gasteiger partial charge in [-0.2, -0.15) is 0 Å². The Balaban J connectivity index is 0.000000161. The van der Waals surface area contributed by atoms with E-state index in [1.807, 2.05) is 0 Å². The molecule has 0 bridgehead atoms. The molecule has 2 amide bonds. The molecule has 0 spiro atoms. The van der Waals surface area contributed by atoms with Gasteiger partial charge in [0.05, 0.1) is 0 Å². The molecule has 6 rings (SSSR count). The Labute approximate surface area is 247 Å². The van der Waals surface area contributed by atoms with Crippen molar-refractivity contribution in [1.29, 1.82) is 0 Å². The minimum absolute atomic E-state index is 0.0131. The van der Waals surface area contributed by atoms with Crippen LogP contribution in [0.5, 0.6) is 0 Å². The first-order valence-electron chi connectivity index (χ1n) is 14.5. The summed E-state index contributed by atoms with van der Waals surface area (Å²) in [4.78, 5) is 35.8. The van der Waals surface area contributed by atoms with E-state index in [4.69, 9.17) is 23.2 Å². The smallest absolute Gasteiger partial charge is 0.251 e. The summed E-state index contributed by atoms with van der Waals surface area (Å²) in [5.41, 5.74) is 2.83. The Bertz CT molecular complexity index is 1280. The molecule has 40 heavy (non-hydrogen) atoms. The standard InChI is InChI=1S/C17H20ClNO.C16H18ClNO2/c1-3-15(16-13-8-10(2)9-14(13)16)19-17(20)11-4-6-12(18)7-5-11;1-2-14(15-12-7-11(19)8-13(12)15)18-16(20)9-3-5-10(17)6-4-9/h4-8,13-16H,3,9H2,1-2H3,(H,19,20);3-6,12-15H,2,7-8H2,1H3,(H,18,20)/t13-,14+,15?,16+;12-,13+,14?,15?/m0./s1. The highest BCUT2D eigenvalue weighted by Gasteiger charge is 2.58. The summed E-state index contributed by atoms with van der Waals surface area (Å²) in [6, 6.07) is 14.5. The lowest BCUT2D eigenvalue weighted by Crippen LogP contribution is -2.37. The van der Waals surface area contributed by atoms with Gasteiger partial charge in [-0.25, -0.2) is 0 Å². The zero-order chi connectivity index (χ0) is 28.6. The first kappa shape index (κ1) is 28.9. The van der Waals surface area contributed by atoms with Crippen molar-refractivity contribution in [1.82, 2.24) is 10.6 Å². The lowest BCUT2D eigenvalue weighted by molar-refractivity contribution is -0.118. The van der Waals surface area contributed by atoms with Crippen LogP contribution in [0.1, 0.15) is 73.6 Å². The number of rotatable bonds is 8. The number of halogens is 2. The van der Waals surface area contributed by atoms with Crippen molar-refractivity contribution in [2.75, 3.05) is 0 Å². The quantitative estimate of drug-likeness (QED) is 0.326. The van der Waals surface area contributed by atoms with Gasteiger partial charge in [-0.3, -0.25) is 14.4 Å². The summed E-state index contributed by atoms with van der Waals surface area (Å²) in [5.74, 6) is 3.97. The Morgan fingerprint density at radius 1 is 0.750 bits per heavy atom. The number of ketones is 1. The van der Waals surface area contributed by atoms with E-state index < -0.39 is 0 Å². The van der Waals surface area contributed by atoms with Crippen LogP contribution in [0.4, 0.5) is 0 Å². The maximum absolute atomic E-state index is 12.3. The van der Waals surface area contributed by atoms with Crippen LogP contribution in [-0.2, 0) is 4.79 Å². The fourth-order valence-electron chi connectivity index (χ4n) is 7.17. The fourth-order valence-corrected chi connectivity index (χ4v) is 7.42. The van der Waals surface area contributed by atoms with E-state index in [2.05, 4.69) is 37.5 Å². The van der Waals surface area contributed by atoms with Crippen molar-refractivity contribution < 1.29 is 14.4 Å². The number of allylic oxidation sites excluding steroid dienone is 2. The number of benzene rings is 2.